The molecule has 7 N–H and O–H groups in total. The molecule has 0 aliphatic heterocycles. The first kappa shape index (κ1) is 30.4. The maximum absolute atomic E-state index is 13.0. The second-order valence-corrected chi connectivity index (χ2v) is 9.34. The third-order valence-corrected chi connectivity index (χ3v) is 5.50. The number of carbonyl (C=O) groups is 2. The van der Waals surface area contributed by atoms with Crippen LogP contribution in [0.15, 0.2) is 4.99 Å². The molecule has 192 valence electrons. The number of esters is 1. The molecule has 0 spiro atoms. The number of hydrogen-bond donors (Lipinski definition) is 4. The first-order valence-electron chi connectivity index (χ1n) is 11.4. The van der Waals surface area contributed by atoms with Gasteiger partial charge in [0.25, 0.3) is 5.54 Å². The van der Waals surface area contributed by atoms with Gasteiger partial charge in [-0.2, -0.15) is 0 Å². The first-order chi connectivity index (χ1) is 15.2. The van der Waals surface area contributed by atoms with E-state index in [0.717, 1.165) is 19.3 Å². The number of guanidine groups is 1. The summed E-state index contributed by atoms with van der Waals surface area (Å²) in [4.78, 5) is 41.1. The van der Waals surface area contributed by atoms with Crippen LogP contribution in [0.1, 0.15) is 79.6 Å². The van der Waals surface area contributed by atoms with E-state index in [0.29, 0.717) is 23.8 Å². The summed E-state index contributed by atoms with van der Waals surface area (Å²) in [6, 6.07) is 0.0389. The maximum Gasteiger partial charge on any atom is 0.350 e. The number of aliphatic carboxylic acids is 1. The van der Waals surface area contributed by atoms with Gasteiger partial charge >= 0.3 is 11.9 Å². The lowest BCUT2D eigenvalue weighted by Crippen LogP contribution is -2.63. The molecule has 2 unspecified atom stereocenters. The Labute approximate surface area is 196 Å². The number of aliphatic imine (C=N–C) groups is 1. The van der Waals surface area contributed by atoms with Crippen molar-refractivity contribution in [3.8, 4) is 0 Å². The smallest absolute Gasteiger partial charge is 0.350 e. The van der Waals surface area contributed by atoms with Crippen molar-refractivity contribution < 1.29 is 24.5 Å². The van der Waals surface area contributed by atoms with E-state index >= 15 is 0 Å². The van der Waals surface area contributed by atoms with Crippen molar-refractivity contribution in [2.24, 2.45) is 28.1 Å². The number of nitro groups is 1. The number of hydrazine groups is 1. The molecule has 0 saturated heterocycles. The number of carbonyl (C=O) groups excluding carboxylic acids is 1. The van der Waals surface area contributed by atoms with Crippen molar-refractivity contribution in [2.45, 2.75) is 96.7 Å². The molecule has 0 aliphatic rings. The van der Waals surface area contributed by atoms with Gasteiger partial charge in [0.15, 0.2) is 11.0 Å². The van der Waals surface area contributed by atoms with E-state index in [-0.39, 0.29) is 31.5 Å². The topological polar surface area (TPSA) is 200 Å². The van der Waals surface area contributed by atoms with Crippen LogP contribution in [-0.2, 0) is 14.3 Å². The van der Waals surface area contributed by atoms with E-state index < -0.39 is 34.5 Å². The molecular weight excluding hydrogens is 432 g/mol. The average molecular weight is 475 g/mol. The lowest BCUT2D eigenvalue weighted by Gasteiger charge is -2.34. The zero-order valence-electron chi connectivity index (χ0n) is 20.6. The fourth-order valence-corrected chi connectivity index (χ4v) is 3.36. The van der Waals surface area contributed by atoms with Crippen LogP contribution in [0.2, 0.25) is 0 Å². The zero-order chi connectivity index (χ0) is 25.8. The minimum absolute atomic E-state index is 0.0131. The Balaban J connectivity index is 5.63. The Morgan fingerprint density at radius 2 is 1.79 bits per heavy atom. The summed E-state index contributed by atoms with van der Waals surface area (Å²) in [5.41, 5.74) is 13.2. The molecule has 0 fully saturated rings. The van der Waals surface area contributed by atoms with Crippen molar-refractivity contribution in [1.82, 2.24) is 5.01 Å². The molecule has 33 heavy (non-hydrogen) atoms. The molecule has 0 aromatic heterocycles. The van der Waals surface area contributed by atoms with Crippen LogP contribution < -0.4 is 17.2 Å². The highest BCUT2D eigenvalue weighted by Gasteiger charge is 2.58. The minimum atomic E-state index is -2.51. The molecule has 0 aromatic rings. The lowest BCUT2D eigenvalue weighted by atomic mass is 9.91. The van der Waals surface area contributed by atoms with Crippen LogP contribution in [0.25, 0.3) is 0 Å². The van der Waals surface area contributed by atoms with Crippen LogP contribution in [0.5, 0.6) is 0 Å². The quantitative estimate of drug-likeness (QED) is 0.0484. The number of nitrogens with zero attached hydrogens (tertiary/aromatic N) is 3. The lowest BCUT2D eigenvalue weighted by molar-refractivity contribution is -0.668. The van der Waals surface area contributed by atoms with Gasteiger partial charge in [-0.25, -0.2) is 19.7 Å². The summed E-state index contributed by atoms with van der Waals surface area (Å²) in [7, 11) is 0. The van der Waals surface area contributed by atoms with Crippen LogP contribution in [0, 0.1) is 16.0 Å². The van der Waals surface area contributed by atoms with Crippen molar-refractivity contribution >= 4 is 17.9 Å². The van der Waals surface area contributed by atoms with Gasteiger partial charge in [0.05, 0.1) is 6.54 Å². The molecule has 0 bridgehead atoms. The molecule has 0 radical (unpaired) electrons. The van der Waals surface area contributed by atoms with E-state index in [1.807, 2.05) is 0 Å². The fourth-order valence-electron chi connectivity index (χ4n) is 3.36. The second-order valence-electron chi connectivity index (χ2n) is 9.34. The van der Waals surface area contributed by atoms with Gasteiger partial charge in [0.1, 0.15) is 5.60 Å². The summed E-state index contributed by atoms with van der Waals surface area (Å²) >= 11 is 0. The third kappa shape index (κ3) is 10.2. The van der Waals surface area contributed by atoms with Crippen LogP contribution in [0.4, 0.5) is 0 Å². The number of nitrogens with two attached hydrogens (primary N) is 3. The van der Waals surface area contributed by atoms with Gasteiger partial charge in [-0.15, -0.1) is 0 Å². The molecule has 0 aromatic carbocycles. The molecule has 0 aliphatic carbocycles. The number of carboxylic acids is 1. The van der Waals surface area contributed by atoms with E-state index in [4.69, 9.17) is 21.9 Å². The van der Waals surface area contributed by atoms with E-state index in [1.54, 1.807) is 20.8 Å². The van der Waals surface area contributed by atoms with Crippen LogP contribution in [-0.4, -0.2) is 63.3 Å². The predicted molar refractivity (Wildman–Crippen MR) is 126 cm³/mol. The molecule has 0 amide bonds. The predicted octanol–water partition coefficient (Wildman–Crippen LogP) is 1.63. The van der Waals surface area contributed by atoms with Crippen molar-refractivity contribution in [1.29, 1.82) is 0 Å². The Morgan fingerprint density at radius 1 is 1.18 bits per heavy atom. The van der Waals surface area contributed by atoms with E-state index in [9.17, 15) is 24.8 Å². The van der Waals surface area contributed by atoms with Crippen molar-refractivity contribution in [3.63, 3.8) is 0 Å². The van der Waals surface area contributed by atoms with Gasteiger partial charge < -0.3 is 27.0 Å². The molecule has 3 atom stereocenters. The molecule has 12 nitrogen and oxygen atoms in total. The highest BCUT2D eigenvalue weighted by Crippen LogP contribution is 2.28. The summed E-state index contributed by atoms with van der Waals surface area (Å²) in [6.45, 7) is 8.60. The van der Waals surface area contributed by atoms with E-state index in [1.165, 1.54) is 0 Å². The molecular formula is C21H42N6O6. The Bertz CT molecular complexity index is 677. The second kappa shape index (κ2) is 13.8. The SMILES string of the molecule is CCC(C)C(N)CCCCCN([N+](=O)[O-])[C@](CCCN=C(N)N)(C(=O)O)C(=O)OC(C)(C)C. The molecule has 12 heteroatoms. The van der Waals surface area contributed by atoms with Gasteiger partial charge in [0, 0.05) is 12.6 Å². The maximum atomic E-state index is 13.0. The minimum Gasteiger partial charge on any atom is -0.479 e. The van der Waals surface area contributed by atoms with E-state index in [2.05, 4.69) is 18.8 Å². The van der Waals surface area contributed by atoms with Gasteiger partial charge in [-0.3, -0.25) is 4.99 Å². The third-order valence-electron chi connectivity index (χ3n) is 5.50. The molecule has 0 rings (SSSR count). The first-order valence-corrected chi connectivity index (χ1v) is 11.4. The highest BCUT2D eigenvalue weighted by molar-refractivity contribution is 6.04. The summed E-state index contributed by atoms with van der Waals surface area (Å²) in [5, 5.41) is 21.6. The summed E-state index contributed by atoms with van der Waals surface area (Å²) in [5.74, 6) is -2.67. The average Bonchev–Trinajstić information content (AvgIpc) is 2.68. The van der Waals surface area contributed by atoms with Crippen molar-refractivity contribution in [3.05, 3.63) is 10.1 Å². The van der Waals surface area contributed by atoms with Crippen LogP contribution in [0.3, 0.4) is 0 Å². The van der Waals surface area contributed by atoms with Crippen molar-refractivity contribution in [2.75, 3.05) is 13.1 Å². The van der Waals surface area contributed by atoms with Gasteiger partial charge in [-0.05, 0) is 52.4 Å². The number of rotatable bonds is 16. The fraction of sp³-hybridized carbons (Fsp3) is 0.857. The monoisotopic (exact) mass is 474 g/mol. The van der Waals surface area contributed by atoms with Gasteiger partial charge in [0.2, 0.25) is 0 Å². The highest BCUT2D eigenvalue weighted by atomic mass is 16.7. The Hall–Kier alpha value is -2.63. The Kier molecular flexibility index (Phi) is 12.7. The standard InChI is InChI=1S/C21H42N6O6/c1-6-15(2)16(22)11-8-7-9-14-26(27(31)32)21(17(28)29,12-10-13-25-19(23)24)18(30)33-20(3,4)5/h15-16H,6-14,22H2,1-5H3,(H,28,29)(H4,23,24,25)/t15?,16?,21-/m1/s1. The molecule has 0 saturated carbocycles. The Morgan fingerprint density at radius 3 is 2.24 bits per heavy atom. The molecule has 0 heterocycles. The number of hydrogen-bond acceptors (Lipinski definition) is 7. The summed E-state index contributed by atoms with van der Waals surface area (Å²) < 4.78 is 5.30. The zero-order valence-corrected chi connectivity index (χ0v) is 20.6. The largest absolute Gasteiger partial charge is 0.479 e. The van der Waals surface area contributed by atoms with Gasteiger partial charge in [-0.1, -0.05) is 38.1 Å². The normalized spacial score (nSPS) is 15.1. The summed E-state index contributed by atoms with van der Waals surface area (Å²) in [6.07, 6.45) is 3.03. The number of ether oxygens (including phenoxy) is 1. The number of carboxylic acid groups (broad SMARTS) is 1. The van der Waals surface area contributed by atoms with Crippen LogP contribution >= 0.6 is 0 Å². The number of unbranched alkanes of at least 4 members (excludes halogenated alkanes) is 2.